The molecule has 1 aromatic heterocycles. The SMILES string of the molecule is Cc1ncc(CCN)c(-c2ccccc2)n1. The Morgan fingerprint density at radius 2 is 1.94 bits per heavy atom. The molecule has 16 heavy (non-hydrogen) atoms. The summed E-state index contributed by atoms with van der Waals surface area (Å²) >= 11 is 0. The van der Waals surface area contributed by atoms with Crippen molar-refractivity contribution in [3.05, 3.63) is 47.9 Å². The van der Waals surface area contributed by atoms with E-state index in [0.717, 1.165) is 29.1 Å². The predicted octanol–water partition coefficient (Wildman–Crippen LogP) is 1.95. The summed E-state index contributed by atoms with van der Waals surface area (Å²) in [6.45, 7) is 2.52. The quantitative estimate of drug-likeness (QED) is 0.847. The summed E-state index contributed by atoms with van der Waals surface area (Å²) in [5.74, 6) is 0.791. The van der Waals surface area contributed by atoms with Crippen LogP contribution in [0.4, 0.5) is 0 Å². The van der Waals surface area contributed by atoms with Crippen LogP contribution in [0.3, 0.4) is 0 Å². The molecule has 82 valence electrons. The van der Waals surface area contributed by atoms with E-state index in [1.807, 2.05) is 31.3 Å². The first-order valence-corrected chi connectivity index (χ1v) is 5.39. The van der Waals surface area contributed by atoms with Crippen LogP contribution in [-0.4, -0.2) is 16.5 Å². The van der Waals surface area contributed by atoms with Crippen LogP contribution in [-0.2, 0) is 6.42 Å². The molecule has 0 atom stereocenters. The smallest absolute Gasteiger partial charge is 0.125 e. The molecule has 0 saturated heterocycles. The largest absolute Gasteiger partial charge is 0.330 e. The lowest BCUT2D eigenvalue weighted by molar-refractivity contribution is 0.929. The molecule has 3 heteroatoms. The third-order valence-corrected chi connectivity index (χ3v) is 2.45. The van der Waals surface area contributed by atoms with E-state index >= 15 is 0 Å². The summed E-state index contributed by atoms with van der Waals surface area (Å²) in [7, 11) is 0. The molecule has 1 heterocycles. The van der Waals surface area contributed by atoms with E-state index in [-0.39, 0.29) is 0 Å². The second kappa shape index (κ2) is 4.86. The maximum absolute atomic E-state index is 5.59. The molecule has 0 aliphatic rings. The molecule has 3 nitrogen and oxygen atoms in total. The molecule has 1 aromatic carbocycles. The number of nitrogens with two attached hydrogens (primary N) is 1. The van der Waals surface area contributed by atoms with Gasteiger partial charge in [0.15, 0.2) is 0 Å². The zero-order chi connectivity index (χ0) is 11.4. The number of aromatic nitrogens is 2. The van der Waals surface area contributed by atoms with Crippen LogP contribution in [0.2, 0.25) is 0 Å². The van der Waals surface area contributed by atoms with Gasteiger partial charge in [-0.3, -0.25) is 0 Å². The molecule has 2 N–H and O–H groups in total. The van der Waals surface area contributed by atoms with Crippen molar-refractivity contribution in [2.75, 3.05) is 6.54 Å². The maximum atomic E-state index is 5.59. The van der Waals surface area contributed by atoms with Gasteiger partial charge in [-0.25, -0.2) is 9.97 Å². The van der Waals surface area contributed by atoms with E-state index in [1.54, 1.807) is 0 Å². The Kier molecular flexibility index (Phi) is 3.27. The average molecular weight is 213 g/mol. The van der Waals surface area contributed by atoms with Crippen LogP contribution in [0.25, 0.3) is 11.3 Å². The summed E-state index contributed by atoms with van der Waals surface area (Å²) in [5, 5.41) is 0. The minimum atomic E-state index is 0.617. The molecule has 0 aliphatic carbocycles. The average Bonchev–Trinajstić information content (AvgIpc) is 2.33. The van der Waals surface area contributed by atoms with E-state index in [9.17, 15) is 0 Å². The fourth-order valence-corrected chi connectivity index (χ4v) is 1.68. The molecule has 0 amide bonds. The molecular formula is C13H15N3. The molecule has 0 bridgehead atoms. The Labute approximate surface area is 95.4 Å². The molecule has 0 unspecified atom stereocenters. The normalized spacial score (nSPS) is 10.4. The van der Waals surface area contributed by atoms with Gasteiger partial charge in [0.2, 0.25) is 0 Å². The van der Waals surface area contributed by atoms with Gasteiger partial charge >= 0.3 is 0 Å². The molecule has 0 fully saturated rings. The van der Waals surface area contributed by atoms with Gasteiger partial charge in [-0.15, -0.1) is 0 Å². The Morgan fingerprint density at radius 3 is 2.62 bits per heavy atom. The van der Waals surface area contributed by atoms with Crippen LogP contribution in [0.1, 0.15) is 11.4 Å². The second-order valence-corrected chi connectivity index (χ2v) is 3.70. The van der Waals surface area contributed by atoms with Gasteiger partial charge < -0.3 is 5.73 Å². The lowest BCUT2D eigenvalue weighted by atomic mass is 10.1. The lowest BCUT2D eigenvalue weighted by Gasteiger charge is -2.08. The zero-order valence-electron chi connectivity index (χ0n) is 9.35. The Hall–Kier alpha value is -1.74. The molecule has 0 radical (unpaired) electrons. The Morgan fingerprint density at radius 1 is 1.19 bits per heavy atom. The first-order chi connectivity index (χ1) is 7.81. The highest BCUT2D eigenvalue weighted by Crippen LogP contribution is 2.20. The number of benzene rings is 1. The predicted molar refractivity (Wildman–Crippen MR) is 65.0 cm³/mol. The van der Waals surface area contributed by atoms with E-state index < -0.39 is 0 Å². The first kappa shape index (κ1) is 10.8. The summed E-state index contributed by atoms with van der Waals surface area (Å²) in [6, 6.07) is 10.1. The highest BCUT2D eigenvalue weighted by Gasteiger charge is 2.06. The van der Waals surface area contributed by atoms with E-state index in [4.69, 9.17) is 5.73 Å². The van der Waals surface area contributed by atoms with Crippen molar-refractivity contribution in [2.45, 2.75) is 13.3 Å². The second-order valence-electron chi connectivity index (χ2n) is 3.70. The Balaban J connectivity index is 2.49. The van der Waals surface area contributed by atoms with E-state index in [1.165, 1.54) is 0 Å². The van der Waals surface area contributed by atoms with Crippen molar-refractivity contribution in [1.29, 1.82) is 0 Å². The van der Waals surface area contributed by atoms with Crippen molar-refractivity contribution in [3.8, 4) is 11.3 Å². The fourth-order valence-electron chi connectivity index (χ4n) is 1.68. The third-order valence-electron chi connectivity index (χ3n) is 2.45. The first-order valence-electron chi connectivity index (χ1n) is 5.39. The molecule has 2 aromatic rings. The minimum absolute atomic E-state index is 0.617. The number of rotatable bonds is 3. The number of nitrogens with zero attached hydrogens (tertiary/aromatic N) is 2. The van der Waals surface area contributed by atoms with Crippen molar-refractivity contribution in [3.63, 3.8) is 0 Å². The van der Waals surface area contributed by atoms with Gasteiger partial charge in [-0.2, -0.15) is 0 Å². The van der Waals surface area contributed by atoms with E-state index in [2.05, 4.69) is 22.1 Å². The molecular weight excluding hydrogens is 198 g/mol. The van der Waals surface area contributed by atoms with Gasteiger partial charge in [0, 0.05) is 11.8 Å². The van der Waals surface area contributed by atoms with Crippen LogP contribution in [0, 0.1) is 6.92 Å². The summed E-state index contributed by atoms with van der Waals surface area (Å²) in [5.41, 5.74) is 8.82. The van der Waals surface area contributed by atoms with Crippen molar-refractivity contribution >= 4 is 0 Å². The van der Waals surface area contributed by atoms with Crippen LogP contribution in [0.15, 0.2) is 36.5 Å². The summed E-state index contributed by atoms with van der Waals surface area (Å²) < 4.78 is 0. The van der Waals surface area contributed by atoms with Crippen molar-refractivity contribution in [2.24, 2.45) is 5.73 Å². The van der Waals surface area contributed by atoms with Crippen LogP contribution < -0.4 is 5.73 Å². The molecule has 0 aliphatic heterocycles. The minimum Gasteiger partial charge on any atom is -0.330 e. The number of aryl methyl sites for hydroxylation is 1. The third kappa shape index (κ3) is 2.25. The molecule has 0 spiro atoms. The fraction of sp³-hybridized carbons (Fsp3) is 0.231. The number of hydrogen-bond donors (Lipinski definition) is 1. The van der Waals surface area contributed by atoms with Gasteiger partial charge in [-0.05, 0) is 25.5 Å². The van der Waals surface area contributed by atoms with Crippen molar-refractivity contribution in [1.82, 2.24) is 9.97 Å². The van der Waals surface area contributed by atoms with Gasteiger partial charge in [0.05, 0.1) is 5.69 Å². The summed E-state index contributed by atoms with van der Waals surface area (Å²) in [6.07, 6.45) is 2.68. The van der Waals surface area contributed by atoms with E-state index in [0.29, 0.717) is 6.54 Å². The molecule has 0 saturated carbocycles. The van der Waals surface area contributed by atoms with Gasteiger partial charge in [-0.1, -0.05) is 30.3 Å². The highest BCUT2D eigenvalue weighted by atomic mass is 14.9. The lowest BCUT2D eigenvalue weighted by Crippen LogP contribution is -2.06. The maximum Gasteiger partial charge on any atom is 0.125 e. The molecule has 2 rings (SSSR count). The van der Waals surface area contributed by atoms with Gasteiger partial charge in [0.25, 0.3) is 0 Å². The Bertz CT molecular complexity index is 466. The summed E-state index contributed by atoms with van der Waals surface area (Å²) in [4.78, 5) is 8.71. The van der Waals surface area contributed by atoms with Gasteiger partial charge in [0.1, 0.15) is 5.82 Å². The van der Waals surface area contributed by atoms with Crippen LogP contribution >= 0.6 is 0 Å². The number of hydrogen-bond acceptors (Lipinski definition) is 3. The topological polar surface area (TPSA) is 51.8 Å². The highest BCUT2D eigenvalue weighted by molar-refractivity contribution is 5.62. The van der Waals surface area contributed by atoms with Crippen molar-refractivity contribution < 1.29 is 0 Å². The van der Waals surface area contributed by atoms with Crippen LogP contribution in [0.5, 0.6) is 0 Å². The standard InChI is InChI=1S/C13H15N3/c1-10-15-9-12(7-8-14)13(16-10)11-5-3-2-4-6-11/h2-6,9H,7-8,14H2,1H3. The zero-order valence-corrected chi connectivity index (χ0v) is 9.35. The monoisotopic (exact) mass is 213 g/mol.